The van der Waals surface area contributed by atoms with Gasteiger partial charge in [-0.25, -0.2) is 4.39 Å². The second-order valence-electron chi connectivity index (χ2n) is 3.88. The molecule has 0 bridgehead atoms. The lowest BCUT2D eigenvalue weighted by atomic mass is 10.0. The molecule has 1 N–H and O–H groups in total. The van der Waals surface area contributed by atoms with Gasteiger partial charge in [-0.2, -0.15) is 13.2 Å². The van der Waals surface area contributed by atoms with Gasteiger partial charge in [0, 0.05) is 6.04 Å². The van der Waals surface area contributed by atoms with E-state index in [0.29, 0.717) is 12.1 Å². The molecule has 0 aliphatic carbocycles. The lowest BCUT2D eigenvalue weighted by Crippen LogP contribution is -2.27. The number of alkyl halides is 3. The zero-order valence-electron chi connectivity index (χ0n) is 9.52. The van der Waals surface area contributed by atoms with Crippen LogP contribution in [0.1, 0.15) is 31.4 Å². The highest BCUT2D eigenvalue weighted by molar-refractivity contribution is 5.20. The van der Waals surface area contributed by atoms with Gasteiger partial charge in [0.2, 0.25) is 0 Å². The van der Waals surface area contributed by atoms with E-state index in [0.717, 1.165) is 6.42 Å². The molecule has 0 aliphatic heterocycles. The standard InChI is InChI=1S/C12H15F4N/c1-2-7-17-11(8-12(14,15)16)9-3-5-10(13)6-4-9/h3-6,11,17H,2,7-8H2,1H3. The molecule has 1 nitrogen and oxygen atoms in total. The summed E-state index contributed by atoms with van der Waals surface area (Å²) in [4.78, 5) is 0. The Kier molecular flexibility index (Phi) is 4.93. The Morgan fingerprint density at radius 3 is 2.24 bits per heavy atom. The number of hydrogen-bond acceptors (Lipinski definition) is 1. The first kappa shape index (κ1) is 14.0. The normalized spacial score (nSPS) is 13.7. The topological polar surface area (TPSA) is 12.0 Å². The number of rotatable bonds is 5. The largest absolute Gasteiger partial charge is 0.390 e. The molecule has 0 saturated heterocycles. The van der Waals surface area contributed by atoms with E-state index in [1.54, 1.807) is 0 Å². The first-order chi connectivity index (χ1) is 7.92. The van der Waals surface area contributed by atoms with Gasteiger partial charge in [-0.15, -0.1) is 0 Å². The summed E-state index contributed by atoms with van der Waals surface area (Å²) in [6, 6.07) is 4.30. The molecule has 1 unspecified atom stereocenters. The van der Waals surface area contributed by atoms with Crippen LogP contribution in [-0.4, -0.2) is 12.7 Å². The van der Waals surface area contributed by atoms with E-state index in [1.165, 1.54) is 24.3 Å². The minimum atomic E-state index is -4.24. The fourth-order valence-electron chi connectivity index (χ4n) is 1.55. The van der Waals surface area contributed by atoms with Crippen LogP contribution < -0.4 is 5.32 Å². The third-order valence-corrected chi connectivity index (χ3v) is 2.35. The molecule has 0 radical (unpaired) electrons. The lowest BCUT2D eigenvalue weighted by Gasteiger charge is -2.20. The van der Waals surface area contributed by atoms with E-state index < -0.39 is 24.5 Å². The van der Waals surface area contributed by atoms with Crippen molar-refractivity contribution in [2.75, 3.05) is 6.54 Å². The summed E-state index contributed by atoms with van der Waals surface area (Å²) >= 11 is 0. The van der Waals surface area contributed by atoms with Crippen LogP contribution in [0, 0.1) is 5.82 Å². The minimum Gasteiger partial charge on any atom is -0.310 e. The van der Waals surface area contributed by atoms with Crippen molar-refractivity contribution < 1.29 is 17.6 Å². The van der Waals surface area contributed by atoms with Gasteiger partial charge < -0.3 is 5.32 Å². The van der Waals surface area contributed by atoms with Crippen molar-refractivity contribution in [2.45, 2.75) is 32.0 Å². The first-order valence-electron chi connectivity index (χ1n) is 5.48. The SMILES string of the molecule is CCCNC(CC(F)(F)F)c1ccc(F)cc1. The monoisotopic (exact) mass is 249 g/mol. The van der Waals surface area contributed by atoms with Crippen LogP contribution in [-0.2, 0) is 0 Å². The van der Waals surface area contributed by atoms with Crippen molar-refractivity contribution in [2.24, 2.45) is 0 Å². The summed E-state index contributed by atoms with van der Waals surface area (Å²) in [6.07, 6.45) is -4.44. The third-order valence-electron chi connectivity index (χ3n) is 2.35. The van der Waals surface area contributed by atoms with Crippen molar-refractivity contribution in [1.82, 2.24) is 5.32 Å². The molecule has 5 heteroatoms. The maximum Gasteiger partial charge on any atom is 0.390 e. The Bertz CT molecular complexity index is 331. The first-order valence-corrected chi connectivity index (χ1v) is 5.48. The van der Waals surface area contributed by atoms with Crippen molar-refractivity contribution in [1.29, 1.82) is 0 Å². The smallest absolute Gasteiger partial charge is 0.310 e. The van der Waals surface area contributed by atoms with Crippen LogP contribution in [0.15, 0.2) is 24.3 Å². The number of benzene rings is 1. The summed E-state index contributed by atoms with van der Waals surface area (Å²) in [5, 5.41) is 2.82. The molecular formula is C12H15F4N. The molecular weight excluding hydrogens is 234 g/mol. The van der Waals surface area contributed by atoms with E-state index in [2.05, 4.69) is 5.32 Å². The van der Waals surface area contributed by atoms with Gasteiger partial charge in [-0.05, 0) is 30.7 Å². The number of hydrogen-bond donors (Lipinski definition) is 1. The molecule has 96 valence electrons. The average molecular weight is 249 g/mol. The summed E-state index contributed by atoms with van der Waals surface area (Å²) in [5.74, 6) is -0.449. The van der Waals surface area contributed by atoms with Crippen molar-refractivity contribution in [3.05, 3.63) is 35.6 Å². The van der Waals surface area contributed by atoms with Crippen LogP contribution in [0.5, 0.6) is 0 Å². The van der Waals surface area contributed by atoms with Crippen LogP contribution >= 0.6 is 0 Å². The summed E-state index contributed by atoms with van der Waals surface area (Å²) in [6.45, 7) is 2.38. The minimum absolute atomic E-state index is 0.449. The highest BCUT2D eigenvalue weighted by atomic mass is 19.4. The molecule has 1 aromatic carbocycles. The summed E-state index contributed by atoms with van der Waals surface area (Å²) in [7, 11) is 0. The average Bonchev–Trinajstić information content (AvgIpc) is 2.24. The molecule has 0 saturated carbocycles. The molecule has 1 aromatic rings. The molecule has 17 heavy (non-hydrogen) atoms. The van der Waals surface area contributed by atoms with Crippen LogP contribution in [0.2, 0.25) is 0 Å². The molecule has 0 spiro atoms. The van der Waals surface area contributed by atoms with Gasteiger partial charge in [-0.1, -0.05) is 19.1 Å². The van der Waals surface area contributed by atoms with Gasteiger partial charge >= 0.3 is 6.18 Å². The summed E-state index contributed by atoms with van der Waals surface area (Å²) in [5.41, 5.74) is 0.456. The predicted octanol–water partition coefficient (Wildman–Crippen LogP) is 3.82. The fraction of sp³-hybridized carbons (Fsp3) is 0.500. The van der Waals surface area contributed by atoms with Gasteiger partial charge in [0.15, 0.2) is 0 Å². The van der Waals surface area contributed by atoms with Gasteiger partial charge in [0.05, 0.1) is 6.42 Å². The number of halogens is 4. The second-order valence-corrected chi connectivity index (χ2v) is 3.88. The molecule has 0 aliphatic rings. The molecule has 0 fully saturated rings. The maximum absolute atomic E-state index is 12.7. The maximum atomic E-state index is 12.7. The van der Waals surface area contributed by atoms with Gasteiger partial charge in [0.25, 0.3) is 0 Å². The highest BCUT2D eigenvalue weighted by Crippen LogP contribution is 2.29. The third kappa shape index (κ3) is 5.17. The van der Waals surface area contributed by atoms with Crippen LogP contribution in [0.3, 0.4) is 0 Å². The van der Waals surface area contributed by atoms with Gasteiger partial charge in [-0.3, -0.25) is 0 Å². The van der Waals surface area contributed by atoms with Gasteiger partial charge in [0.1, 0.15) is 5.82 Å². The zero-order chi connectivity index (χ0) is 12.9. The highest BCUT2D eigenvalue weighted by Gasteiger charge is 2.32. The number of nitrogens with one attached hydrogen (secondary N) is 1. The van der Waals surface area contributed by atoms with Crippen molar-refractivity contribution in [3.63, 3.8) is 0 Å². The Labute approximate surface area is 97.8 Å². The van der Waals surface area contributed by atoms with E-state index in [9.17, 15) is 17.6 Å². The van der Waals surface area contributed by atoms with E-state index in [4.69, 9.17) is 0 Å². The molecule has 0 heterocycles. The fourth-order valence-corrected chi connectivity index (χ4v) is 1.55. The van der Waals surface area contributed by atoms with Crippen molar-refractivity contribution >= 4 is 0 Å². The molecule has 1 rings (SSSR count). The van der Waals surface area contributed by atoms with E-state index in [-0.39, 0.29) is 0 Å². The van der Waals surface area contributed by atoms with E-state index >= 15 is 0 Å². The lowest BCUT2D eigenvalue weighted by molar-refractivity contribution is -0.140. The summed E-state index contributed by atoms with van der Waals surface area (Å²) < 4.78 is 49.8. The Morgan fingerprint density at radius 2 is 1.76 bits per heavy atom. The predicted molar refractivity (Wildman–Crippen MR) is 58.1 cm³/mol. The van der Waals surface area contributed by atoms with Crippen LogP contribution in [0.4, 0.5) is 17.6 Å². The zero-order valence-corrected chi connectivity index (χ0v) is 9.52. The molecule has 1 atom stereocenters. The molecule has 0 amide bonds. The Hall–Kier alpha value is -1.10. The molecule has 0 aromatic heterocycles. The Morgan fingerprint density at radius 1 is 1.18 bits per heavy atom. The van der Waals surface area contributed by atoms with Crippen LogP contribution in [0.25, 0.3) is 0 Å². The van der Waals surface area contributed by atoms with Crippen molar-refractivity contribution in [3.8, 4) is 0 Å². The Balaban J connectivity index is 2.78. The second kappa shape index (κ2) is 6.00. The van der Waals surface area contributed by atoms with E-state index in [1.807, 2.05) is 6.92 Å². The quantitative estimate of drug-likeness (QED) is 0.782.